The molecule has 3 heterocycles. The van der Waals surface area contributed by atoms with Gasteiger partial charge in [-0.15, -0.1) is 0 Å². The van der Waals surface area contributed by atoms with Crippen LogP contribution < -0.4 is 5.32 Å². The molecule has 2 aromatic rings. The Kier molecular flexibility index (Phi) is 5.52. The maximum absolute atomic E-state index is 12.8. The molecule has 1 aliphatic rings. The number of aryl methyl sites for hydroxylation is 2. The van der Waals surface area contributed by atoms with Crippen molar-refractivity contribution in [1.29, 1.82) is 0 Å². The molecule has 140 valence electrons. The Morgan fingerprint density at radius 1 is 1.12 bits per heavy atom. The van der Waals surface area contributed by atoms with Gasteiger partial charge in [0.1, 0.15) is 0 Å². The minimum atomic E-state index is -0.357. The van der Waals surface area contributed by atoms with Crippen molar-refractivity contribution in [3.8, 4) is 0 Å². The number of aromatic nitrogens is 4. The number of rotatable bonds is 4. The van der Waals surface area contributed by atoms with E-state index in [0.717, 1.165) is 19.3 Å². The van der Waals surface area contributed by atoms with Gasteiger partial charge in [-0.25, -0.2) is 0 Å². The van der Waals surface area contributed by atoms with Crippen LogP contribution in [-0.2, 0) is 14.1 Å². The number of nitrogens with one attached hydrogen (secondary N) is 1. The standard InChI is InChI=1S/C16H20Cl2N6O2/c1-22-8-11(17)13(20-22)15(25)19-7-10-5-3-4-6-24(10)16(26)14-12(18)9-23(2)21-14/h8-10H,3-7H2,1-2H3,(H,19,25)/t10-/m1/s1. The molecule has 8 nitrogen and oxygen atoms in total. The summed E-state index contributed by atoms with van der Waals surface area (Å²) in [5.41, 5.74) is 0.413. The predicted octanol–water partition coefficient (Wildman–Crippen LogP) is 1.89. The molecule has 1 aliphatic heterocycles. The van der Waals surface area contributed by atoms with Gasteiger partial charge in [-0.05, 0) is 19.3 Å². The molecule has 10 heteroatoms. The average molecular weight is 399 g/mol. The van der Waals surface area contributed by atoms with Crippen molar-refractivity contribution in [3.05, 3.63) is 33.8 Å². The second kappa shape index (κ2) is 7.67. The van der Waals surface area contributed by atoms with Crippen LogP contribution in [0, 0.1) is 0 Å². The third kappa shape index (κ3) is 3.86. The van der Waals surface area contributed by atoms with Crippen molar-refractivity contribution >= 4 is 35.0 Å². The van der Waals surface area contributed by atoms with Crippen LogP contribution in [0.4, 0.5) is 0 Å². The van der Waals surface area contributed by atoms with Gasteiger partial charge in [0.05, 0.1) is 10.0 Å². The molecule has 0 bridgehead atoms. The fourth-order valence-corrected chi connectivity index (χ4v) is 3.65. The Hall–Kier alpha value is -2.06. The summed E-state index contributed by atoms with van der Waals surface area (Å²) in [7, 11) is 3.41. The topological polar surface area (TPSA) is 85.0 Å². The predicted molar refractivity (Wildman–Crippen MR) is 97.4 cm³/mol. The van der Waals surface area contributed by atoms with Gasteiger partial charge in [0.2, 0.25) is 0 Å². The molecule has 26 heavy (non-hydrogen) atoms. The second-order valence-corrected chi connectivity index (χ2v) is 7.17. The van der Waals surface area contributed by atoms with Crippen LogP contribution in [0.3, 0.4) is 0 Å². The first-order valence-corrected chi connectivity index (χ1v) is 9.10. The highest BCUT2D eigenvalue weighted by Crippen LogP contribution is 2.22. The van der Waals surface area contributed by atoms with Crippen molar-refractivity contribution in [2.45, 2.75) is 25.3 Å². The van der Waals surface area contributed by atoms with Crippen molar-refractivity contribution in [2.75, 3.05) is 13.1 Å². The SMILES string of the molecule is Cn1cc(Cl)c(C(=O)NC[C@H]2CCCCN2C(=O)c2nn(C)cc2Cl)n1. The van der Waals surface area contributed by atoms with Crippen molar-refractivity contribution in [3.63, 3.8) is 0 Å². The van der Waals surface area contributed by atoms with E-state index in [0.29, 0.717) is 23.1 Å². The number of piperidine rings is 1. The Morgan fingerprint density at radius 2 is 1.73 bits per heavy atom. The summed E-state index contributed by atoms with van der Waals surface area (Å²) in [4.78, 5) is 26.9. The van der Waals surface area contributed by atoms with Crippen molar-refractivity contribution in [1.82, 2.24) is 29.8 Å². The molecule has 0 radical (unpaired) electrons. The van der Waals surface area contributed by atoms with Gasteiger partial charge >= 0.3 is 0 Å². The lowest BCUT2D eigenvalue weighted by Gasteiger charge is -2.35. The first-order valence-electron chi connectivity index (χ1n) is 8.34. The van der Waals surface area contributed by atoms with Gasteiger partial charge in [0.15, 0.2) is 11.4 Å². The Bertz CT molecular complexity index is 831. The number of hydrogen-bond acceptors (Lipinski definition) is 4. The van der Waals surface area contributed by atoms with E-state index in [9.17, 15) is 9.59 Å². The van der Waals surface area contributed by atoms with Gasteiger partial charge in [-0.2, -0.15) is 10.2 Å². The van der Waals surface area contributed by atoms with E-state index in [4.69, 9.17) is 23.2 Å². The molecule has 2 amide bonds. The summed E-state index contributed by atoms with van der Waals surface area (Å²) < 4.78 is 3.00. The highest BCUT2D eigenvalue weighted by atomic mass is 35.5. The maximum atomic E-state index is 12.8. The van der Waals surface area contributed by atoms with Crippen LogP contribution in [-0.4, -0.2) is 55.4 Å². The number of halogens is 2. The normalized spacial score (nSPS) is 17.4. The largest absolute Gasteiger partial charge is 0.349 e. The average Bonchev–Trinajstić information content (AvgIpc) is 3.12. The first kappa shape index (κ1) is 18.7. The maximum Gasteiger partial charge on any atom is 0.276 e. The number of carbonyl (C=O) groups is 2. The molecule has 0 aliphatic carbocycles. The summed E-state index contributed by atoms with van der Waals surface area (Å²) >= 11 is 12.1. The molecular formula is C16H20Cl2N6O2. The zero-order valence-electron chi connectivity index (χ0n) is 14.6. The number of nitrogens with zero attached hydrogens (tertiary/aromatic N) is 5. The summed E-state index contributed by atoms with van der Waals surface area (Å²) in [5.74, 6) is -0.574. The highest BCUT2D eigenvalue weighted by molar-refractivity contribution is 6.33. The second-order valence-electron chi connectivity index (χ2n) is 6.36. The van der Waals surface area contributed by atoms with Gasteiger partial charge in [0, 0.05) is 45.6 Å². The third-order valence-electron chi connectivity index (χ3n) is 4.37. The molecule has 0 aromatic carbocycles. The van der Waals surface area contributed by atoms with Gasteiger partial charge < -0.3 is 10.2 Å². The molecule has 0 saturated carbocycles. The van der Waals surface area contributed by atoms with Crippen molar-refractivity contribution < 1.29 is 9.59 Å². The van der Waals surface area contributed by atoms with E-state index in [1.54, 1.807) is 31.4 Å². The van der Waals surface area contributed by atoms with Gasteiger partial charge in [-0.3, -0.25) is 19.0 Å². The monoisotopic (exact) mass is 398 g/mol. The van der Waals surface area contributed by atoms with E-state index in [-0.39, 0.29) is 29.2 Å². The molecule has 0 spiro atoms. The van der Waals surface area contributed by atoms with E-state index in [1.807, 2.05) is 0 Å². The smallest absolute Gasteiger partial charge is 0.276 e. The zero-order chi connectivity index (χ0) is 18.8. The number of carbonyl (C=O) groups excluding carboxylic acids is 2. The number of hydrogen-bond donors (Lipinski definition) is 1. The molecule has 3 rings (SSSR count). The van der Waals surface area contributed by atoms with Gasteiger partial charge in [0.25, 0.3) is 11.8 Å². The van der Waals surface area contributed by atoms with Crippen LogP contribution in [0.25, 0.3) is 0 Å². The van der Waals surface area contributed by atoms with E-state index < -0.39 is 0 Å². The zero-order valence-corrected chi connectivity index (χ0v) is 16.1. The minimum Gasteiger partial charge on any atom is -0.349 e. The third-order valence-corrected chi connectivity index (χ3v) is 4.93. The first-order chi connectivity index (χ1) is 12.4. The highest BCUT2D eigenvalue weighted by Gasteiger charge is 2.30. The molecule has 1 atom stereocenters. The Morgan fingerprint density at radius 3 is 2.31 bits per heavy atom. The lowest BCUT2D eigenvalue weighted by atomic mass is 10.0. The molecule has 1 N–H and O–H groups in total. The van der Waals surface area contributed by atoms with E-state index >= 15 is 0 Å². The van der Waals surface area contributed by atoms with Crippen LogP contribution in [0.1, 0.15) is 40.2 Å². The fraction of sp³-hybridized carbons (Fsp3) is 0.500. The lowest BCUT2D eigenvalue weighted by molar-refractivity contribution is 0.0595. The number of amides is 2. The summed E-state index contributed by atoms with van der Waals surface area (Å²) in [6, 6.07) is -0.124. The Balaban J connectivity index is 1.69. The Labute approximate surface area is 161 Å². The van der Waals surface area contributed by atoms with E-state index in [1.165, 1.54) is 9.36 Å². The summed E-state index contributed by atoms with van der Waals surface area (Å²) in [5, 5.41) is 11.7. The lowest BCUT2D eigenvalue weighted by Crippen LogP contribution is -2.49. The van der Waals surface area contributed by atoms with Crippen molar-refractivity contribution in [2.24, 2.45) is 14.1 Å². The minimum absolute atomic E-state index is 0.124. The van der Waals surface area contributed by atoms with Crippen LogP contribution in [0.2, 0.25) is 10.0 Å². The molecule has 1 saturated heterocycles. The summed E-state index contributed by atoms with van der Waals surface area (Å²) in [6.07, 6.45) is 5.86. The molecule has 1 fully saturated rings. The fourth-order valence-electron chi connectivity index (χ4n) is 3.13. The van der Waals surface area contributed by atoms with E-state index in [2.05, 4.69) is 15.5 Å². The number of likely N-dealkylation sites (tertiary alicyclic amines) is 1. The van der Waals surface area contributed by atoms with Crippen LogP contribution in [0.5, 0.6) is 0 Å². The quantitative estimate of drug-likeness (QED) is 0.851. The van der Waals surface area contributed by atoms with Crippen LogP contribution in [0.15, 0.2) is 12.4 Å². The molecule has 2 aromatic heterocycles. The molecular weight excluding hydrogens is 379 g/mol. The molecule has 0 unspecified atom stereocenters. The summed E-state index contributed by atoms with van der Waals surface area (Å²) in [6.45, 7) is 0.929. The van der Waals surface area contributed by atoms with Gasteiger partial charge in [-0.1, -0.05) is 23.2 Å². The van der Waals surface area contributed by atoms with Crippen LogP contribution >= 0.6 is 23.2 Å².